The van der Waals surface area contributed by atoms with Gasteiger partial charge in [0.2, 0.25) is 5.91 Å². The topological polar surface area (TPSA) is 37.4 Å². The number of aryl methyl sites for hydroxylation is 1. The van der Waals surface area contributed by atoms with Crippen molar-refractivity contribution < 1.29 is 9.59 Å². The first-order valence-electron chi connectivity index (χ1n) is 9.62. The Morgan fingerprint density at radius 3 is 2.15 bits per heavy atom. The first-order valence-corrected chi connectivity index (χ1v) is 9.62. The predicted octanol–water partition coefficient (Wildman–Crippen LogP) is 4.30. The molecule has 1 heterocycles. The van der Waals surface area contributed by atoms with E-state index in [1.807, 2.05) is 35.2 Å². The minimum Gasteiger partial charge on any atom is -0.342 e. The highest BCUT2D eigenvalue weighted by atomic mass is 16.2. The van der Waals surface area contributed by atoms with Crippen molar-refractivity contribution in [1.82, 2.24) is 4.90 Å². The molecule has 1 amide bonds. The molecule has 1 fully saturated rings. The summed E-state index contributed by atoms with van der Waals surface area (Å²) in [6.07, 6.45) is 4.18. The van der Waals surface area contributed by atoms with E-state index >= 15 is 0 Å². The first kappa shape index (κ1) is 18.4. The number of piperidine rings is 1. The van der Waals surface area contributed by atoms with E-state index in [4.69, 9.17) is 0 Å². The molecular weight excluding hydrogens is 322 g/mol. The van der Waals surface area contributed by atoms with Crippen LogP contribution < -0.4 is 0 Å². The smallest absolute Gasteiger partial charge is 0.226 e. The Hall–Kier alpha value is -2.42. The molecule has 0 bridgehead atoms. The second-order valence-corrected chi connectivity index (χ2v) is 7.13. The van der Waals surface area contributed by atoms with Gasteiger partial charge in [0, 0.05) is 24.6 Å². The molecule has 0 saturated carbocycles. The van der Waals surface area contributed by atoms with Crippen molar-refractivity contribution in [2.75, 3.05) is 13.1 Å². The summed E-state index contributed by atoms with van der Waals surface area (Å²) in [6, 6.07) is 17.9. The fourth-order valence-corrected chi connectivity index (χ4v) is 3.63. The third-order valence-corrected chi connectivity index (χ3v) is 5.19. The minimum absolute atomic E-state index is 0.0368. The summed E-state index contributed by atoms with van der Waals surface area (Å²) in [6.45, 7) is 3.52. The number of carbonyl (C=O) groups excluding carboxylic acids is 2. The maximum absolute atomic E-state index is 12.6. The van der Waals surface area contributed by atoms with Crippen LogP contribution in [0.1, 0.15) is 47.7 Å². The summed E-state index contributed by atoms with van der Waals surface area (Å²) in [5, 5.41) is 0. The molecule has 136 valence electrons. The van der Waals surface area contributed by atoms with Gasteiger partial charge in [-0.15, -0.1) is 0 Å². The molecule has 0 radical (unpaired) electrons. The summed E-state index contributed by atoms with van der Waals surface area (Å²) in [4.78, 5) is 27.0. The Morgan fingerprint density at radius 2 is 1.54 bits per heavy atom. The lowest BCUT2D eigenvalue weighted by molar-refractivity contribution is -0.131. The summed E-state index contributed by atoms with van der Waals surface area (Å²) in [7, 11) is 0. The van der Waals surface area contributed by atoms with Crippen molar-refractivity contribution in [2.45, 2.75) is 39.0 Å². The molecule has 1 saturated heterocycles. The van der Waals surface area contributed by atoms with Gasteiger partial charge in [-0.3, -0.25) is 9.59 Å². The zero-order valence-corrected chi connectivity index (χ0v) is 15.5. The van der Waals surface area contributed by atoms with Crippen molar-refractivity contribution >= 4 is 11.7 Å². The van der Waals surface area contributed by atoms with Gasteiger partial charge in [0.25, 0.3) is 0 Å². The SMILES string of the molecule is CCCc1ccc(CC(=O)N2CCC(C(=O)c3ccccc3)CC2)cc1. The molecule has 2 aromatic carbocycles. The molecule has 2 aromatic rings. The van der Waals surface area contributed by atoms with Crippen LogP contribution in [0.4, 0.5) is 0 Å². The molecule has 0 aromatic heterocycles. The third-order valence-electron chi connectivity index (χ3n) is 5.19. The Morgan fingerprint density at radius 1 is 0.923 bits per heavy atom. The highest BCUT2D eigenvalue weighted by molar-refractivity contribution is 5.98. The Bertz CT molecular complexity index is 729. The zero-order valence-electron chi connectivity index (χ0n) is 15.5. The van der Waals surface area contributed by atoms with E-state index in [9.17, 15) is 9.59 Å². The van der Waals surface area contributed by atoms with Crippen molar-refractivity contribution in [1.29, 1.82) is 0 Å². The highest BCUT2D eigenvalue weighted by Crippen LogP contribution is 2.22. The average molecular weight is 349 g/mol. The average Bonchev–Trinajstić information content (AvgIpc) is 2.70. The molecule has 0 unspecified atom stereocenters. The van der Waals surface area contributed by atoms with Gasteiger partial charge in [0.15, 0.2) is 5.78 Å². The van der Waals surface area contributed by atoms with Crippen LogP contribution in [0.15, 0.2) is 54.6 Å². The van der Waals surface area contributed by atoms with Crippen molar-refractivity contribution in [3.63, 3.8) is 0 Å². The molecule has 3 rings (SSSR count). The van der Waals surface area contributed by atoms with Gasteiger partial charge in [0.1, 0.15) is 0 Å². The van der Waals surface area contributed by atoms with Crippen molar-refractivity contribution in [3.8, 4) is 0 Å². The fourth-order valence-electron chi connectivity index (χ4n) is 3.63. The Balaban J connectivity index is 1.51. The van der Waals surface area contributed by atoms with Crippen molar-refractivity contribution in [2.24, 2.45) is 5.92 Å². The maximum Gasteiger partial charge on any atom is 0.226 e. The lowest BCUT2D eigenvalue weighted by Gasteiger charge is -2.31. The van der Waals surface area contributed by atoms with Crippen LogP contribution in [0.3, 0.4) is 0 Å². The number of likely N-dealkylation sites (tertiary alicyclic amines) is 1. The van der Waals surface area contributed by atoms with E-state index < -0.39 is 0 Å². The summed E-state index contributed by atoms with van der Waals surface area (Å²) >= 11 is 0. The molecule has 0 spiro atoms. The van der Waals surface area contributed by atoms with Gasteiger partial charge >= 0.3 is 0 Å². The first-order chi connectivity index (χ1) is 12.7. The number of carbonyl (C=O) groups is 2. The maximum atomic E-state index is 12.6. The zero-order chi connectivity index (χ0) is 18.4. The molecule has 0 aliphatic carbocycles. The number of hydrogen-bond acceptors (Lipinski definition) is 2. The third kappa shape index (κ3) is 4.60. The second-order valence-electron chi connectivity index (χ2n) is 7.13. The molecular formula is C23H27NO2. The number of nitrogens with zero attached hydrogens (tertiary/aromatic N) is 1. The van der Waals surface area contributed by atoms with Crippen molar-refractivity contribution in [3.05, 3.63) is 71.3 Å². The molecule has 1 aliphatic heterocycles. The van der Waals surface area contributed by atoms with Crippen LogP contribution in [-0.2, 0) is 17.6 Å². The molecule has 0 N–H and O–H groups in total. The van der Waals surface area contributed by atoms with Crippen LogP contribution in [0.25, 0.3) is 0 Å². The van der Waals surface area contributed by atoms with Crippen LogP contribution in [-0.4, -0.2) is 29.7 Å². The number of ketones is 1. The molecule has 0 atom stereocenters. The van der Waals surface area contributed by atoms with Crippen LogP contribution in [0, 0.1) is 5.92 Å². The molecule has 26 heavy (non-hydrogen) atoms. The van der Waals surface area contributed by atoms with E-state index in [0.717, 1.165) is 36.8 Å². The molecule has 3 nitrogen and oxygen atoms in total. The van der Waals surface area contributed by atoms with Gasteiger partial charge in [-0.05, 0) is 30.4 Å². The second kappa shape index (κ2) is 8.79. The molecule has 3 heteroatoms. The minimum atomic E-state index is 0.0368. The lowest BCUT2D eigenvalue weighted by Crippen LogP contribution is -2.41. The normalized spacial score (nSPS) is 15.0. The van der Waals surface area contributed by atoms with E-state index in [0.29, 0.717) is 19.5 Å². The van der Waals surface area contributed by atoms with Gasteiger partial charge in [0.05, 0.1) is 6.42 Å². The molecule has 1 aliphatic rings. The number of benzene rings is 2. The number of amides is 1. The predicted molar refractivity (Wildman–Crippen MR) is 104 cm³/mol. The van der Waals surface area contributed by atoms with Crippen LogP contribution in [0.5, 0.6) is 0 Å². The van der Waals surface area contributed by atoms with Gasteiger partial charge in [-0.2, -0.15) is 0 Å². The number of rotatable bonds is 6. The van der Waals surface area contributed by atoms with Gasteiger partial charge < -0.3 is 4.90 Å². The van der Waals surface area contributed by atoms with E-state index in [1.54, 1.807) is 0 Å². The summed E-state index contributed by atoms with van der Waals surface area (Å²) in [5.41, 5.74) is 3.17. The quantitative estimate of drug-likeness (QED) is 0.729. The standard InChI is InChI=1S/C23H27NO2/c1-2-6-18-9-11-19(12-10-18)17-22(25)24-15-13-21(14-16-24)23(26)20-7-4-3-5-8-20/h3-5,7-12,21H,2,6,13-17H2,1H3. The van der Waals surface area contributed by atoms with Gasteiger partial charge in [-0.1, -0.05) is 67.9 Å². The Kier molecular flexibility index (Phi) is 6.21. The monoisotopic (exact) mass is 349 g/mol. The largest absolute Gasteiger partial charge is 0.342 e. The highest BCUT2D eigenvalue weighted by Gasteiger charge is 2.27. The van der Waals surface area contributed by atoms with E-state index in [2.05, 4.69) is 31.2 Å². The number of hydrogen-bond donors (Lipinski definition) is 0. The summed E-state index contributed by atoms with van der Waals surface area (Å²) in [5.74, 6) is 0.415. The van der Waals surface area contributed by atoms with Gasteiger partial charge in [-0.25, -0.2) is 0 Å². The van der Waals surface area contributed by atoms with E-state index in [-0.39, 0.29) is 17.6 Å². The van der Waals surface area contributed by atoms with E-state index in [1.165, 1.54) is 5.56 Å². The van der Waals surface area contributed by atoms with Crippen LogP contribution in [0.2, 0.25) is 0 Å². The lowest BCUT2D eigenvalue weighted by atomic mass is 9.88. The fraction of sp³-hybridized carbons (Fsp3) is 0.391. The Labute approximate surface area is 156 Å². The summed E-state index contributed by atoms with van der Waals surface area (Å²) < 4.78 is 0. The number of Topliss-reactive ketones (excluding diaryl/α,β-unsaturated/α-hetero) is 1. The van der Waals surface area contributed by atoms with Crippen LogP contribution >= 0.6 is 0 Å².